The Kier molecular flexibility index (Phi) is 11.5. The number of esters is 1. The highest BCUT2D eigenvalue weighted by Gasteiger charge is 2.70. The van der Waals surface area contributed by atoms with Crippen molar-refractivity contribution in [2.24, 2.45) is 22.7 Å². The first-order valence-corrected chi connectivity index (χ1v) is 15.9. The highest BCUT2D eigenvalue weighted by atomic mass is 16.6. The Bertz CT molecular complexity index is 1160. The van der Waals surface area contributed by atoms with Gasteiger partial charge >= 0.3 is 12.1 Å². The van der Waals surface area contributed by atoms with Gasteiger partial charge in [0.2, 0.25) is 17.6 Å². The quantitative estimate of drug-likeness (QED) is 0.259. The standard InChI is InChI=1S/C33H56N4O8/c1-14-15-20(24(39)27(41)34-17-16-21(38)44-31(5,6)7)35-26(40)23-22-19(33(22,11)12)18-37(23)28(42)25(30(2,3)4)36(13)29(43)45-32(8,9)10/h19-20,22-23,25H,14-18H2,1-13H3,(H,34,41)(H,35,40)/t19?,20-,22+,23+,25-/m1/s1. The summed E-state index contributed by atoms with van der Waals surface area (Å²) in [5.41, 5.74) is -2.32. The van der Waals surface area contributed by atoms with Crippen LogP contribution in [0.25, 0.3) is 0 Å². The van der Waals surface area contributed by atoms with Crippen molar-refractivity contribution >= 4 is 35.6 Å². The summed E-state index contributed by atoms with van der Waals surface area (Å²) >= 11 is 0. The van der Waals surface area contributed by atoms with Crippen molar-refractivity contribution < 1.29 is 38.2 Å². The first kappa shape index (κ1) is 38.0. The van der Waals surface area contributed by atoms with E-state index in [2.05, 4.69) is 10.6 Å². The van der Waals surface area contributed by atoms with Gasteiger partial charge in [0.15, 0.2) is 0 Å². The summed E-state index contributed by atoms with van der Waals surface area (Å²) in [6.45, 7) is 22.2. The van der Waals surface area contributed by atoms with Crippen molar-refractivity contribution in [1.29, 1.82) is 0 Å². The van der Waals surface area contributed by atoms with Gasteiger partial charge < -0.3 is 25.0 Å². The van der Waals surface area contributed by atoms with Crippen LogP contribution in [0.3, 0.4) is 0 Å². The first-order chi connectivity index (χ1) is 20.3. The molecule has 5 atom stereocenters. The monoisotopic (exact) mass is 636 g/mol. The lowest BCUT2D eigenvalue weighted by molar-refractivity contribution is -0.154. The maximum Gasteiger partial charge on any atom is 0.410 e. The molecule has 1 aliphatic carbocycles. The Balaban J connectivity index is 2.24. The molecule has 1 aliphatic heterocycles. The molecule has 1 saturated heterocycles. The number of fused-ring (bicyclic) bond motifs is 1. The molecule has 0 bridgehead atoms. The summed E-state index contributed by atoms with van der Waals surface area (Å²) in [5, 5.41) is 5.23. The number of likely N-dealkylation sites (N-methyl/N-ethyl adjacent to an activating group) is 1. The highest BCUT2D eigenvalue weighted by Crippen LogP contribution is 2.65. The van der Waals surface area contributed by atoms with Gasteiger partial charge in [0.1, 0.15) is 23.3 Å². The molecule has 1 heterocycles. The summed E-state index contributed by atoms with van der Waals surface area (Å²) in [7, 11) is 1.52. The third-order valence-electron chi connectivity index (χ3n) is 8.35. The molecule has 12 nitrogen and oxygen atoms in total. The third kappa shape index (κ3) is 9.66. The van der Waals surface area contributed by atoms with Crippen LogP contribution in [-0.2, 0) is 33.4 Å². The molecule has 0 aromatic rings. The zero-order valence-electron chi connectivity index (χ0n) is 29.6. The number of carbonyl (C=O) groups excluding carboxylic acids is 6. The Morgan fingerprint density at radius 3 is 1.98 bits per heavy atom. The van der Waals surface area contributed by atoms with Crippen LogP contribution in [0.15, 0.2) is 0 Å². The lowest BCUT2D eigenvalue weighted by atomic mass is 9.84. The summed E-state index contributed by atoms with van der Waals surface area (Å²) < 4.78 is 10.8. The first-order valence-electron chi connectivity index (χ1n) is 15.9. The van der Waals surface area contributed by atoms with Gasteiger partial charge in [-0.3, -0.25) is 28.9 Å². The van der Waals surface area contributed by atoms with Crippen LogP contribution < -0.4 is 10.6 Å². The molecule has 2 N–H and O–H groups in total. The van der Waals surface area contributed by atoms with Crippen LogP contribution in [0.1, 0.15) is 102 Å². The summed E-state index contributed by atoms with van der Waals surface area (Å²) in [6.07, 6.45) is -0.0218. The van der Waals surface area contributed by atoms with Gasteiger partial charge in [-0.05, 0) is 70.6 Å². The van der Waals surface area contributed by atoms with E-state index in [0.717, 1.165) is 0 Å². The van der Waals surface area contributed by atoms with Crippen molar-refractivity contribution in [2.45, 2.75) is 132 Å². The van der Waals surface area contributed by atoms with Crippen molar-refractivity contribution in [1.82, 2.24) is 20.4 Å². The van der Waals surface area contributed by atoms with E-state index in [-0.39, 0.29) is 42.5 Å². The van der Waals surface area contributed by atoms with Crippen LogP contribution >= 0.6 is 0 Å². The minimum atomic E-state index is -1.11. The number of amides is 4. The van der Waals surface area contributed by atoms with Gasteiger partial charge in [-0.15, -0.1) is 0 Å². The Morgan fingerprint density at radius 2 is 1.49 bits per heavy atom. The fraction of sp³-hybridized carbons (Fsp3) is 0.818. The summed E-state index contributed by atoms with van der Waals surface area (Å²) in [4.78, 5) is 81.9. The van der Waals surface area contributed by atoms with Crippen LogP contribution in [-0.4, -0.2) is 94.8 Å². The summed E-state index contributed by atoms with van der Waals surface area (Å²) in [5.74, 6) is -3.20. The van der Waals surface area contributed by atoms with Crippen LogP contribution in [0.5, 0.6) is 0 Å². The molecular weight excluding hydrogens is 580 g/mol. The van der Waals surface area contributed by atoms with E-state index in [1.54, 1.807) is 41.5 Å². The molecule has 0 spiro atoms. The predicted molar refractivity (Wildman–Crippen MR) is 169 cm³/mol. The number of hydrogen-bond acceptors (Lipinski definition) is 8. The molecule has 0 aromatic heterocycles. The van der Waals surface area contributed by atoms with Crippen LogP contribution in [0.4, 0.5) is 4.79 Å². The number of ether oxygens (including phenoxy) is 2. The van der Waals surface area contributed by atoms with E-state index in [1.807, 2.05) is 41.5 Å². The zero-order chi connectivity index (χ0) is 34.9. The second-order valence-corrected chi connectivity index (χ2v) is 16.1. The van der Waals surface area contributed by atoms with Gasteiger partial charge in [0.05, 0.1) is 12.5 Å². The fourth-order valence-corrected chi connectivity index (χ4v) is 6.26. The van der Waals surface area contributed by atoms with E-state index in [9.17, 15) is 28.8 Å². The predicted octanol–water partition coefficient (Wildman–Crippen LogP) is 3.45. The SMILES string of the molecule is CCC[C@@H](NC(=O)[C@@H]1[C@@H]2C(CN1C(=O)[C@@H](N(C)C(=O)OC(C)(C)C)C(C)(C)C)C2(C)C)C(=O)C(=O)NCCC(=O)OC(C)(C)C. The zero-order valence-corrected chi connectivity index (χ0v) is 29.6. The van der Waals surface area contributed by atoms with E-state index in [1.165, 1.54) is 16.8 Å². The molecule has 2 rings (SSSR count). The van der Waals surface area contributed by atoms with Crippen molar-refractivity contribution in [3.8, 4) is 0 Å². The molecule has 2 fully saturated rings. The minimum absolute atomic E-state index is 0.0705. The molecular formula is C33H56N4O8. The van der Waals surface area contributed by atoms with Gasteiger partial charge in [0, 0.05) is 20.1 Å². The number of nitrogens with one attached hydrogen (secondary N) is 2. The number of piperidine rings is 1. The number of Topliss-reactive ketones (excluding diaryl/α,β-unsaturated/α-hetero) is 1. The number of carbonyl (C=O) groups is 6. The van der Waals surface area contributed by atoms with Gasteiger partial charge in [-0.25, -0.2) is 4.79 Å². The Morgan fingerprint density at radius 1 is 0.933 bits per heavy atom. The van der Waals surface area contributed by atoms with Gasteiger partial charge in [0.25, 0.3) is 5.91 Å². The van der Waals surface area contributed by atoms with E-state index in [4.69, 9.17) is 9.47 Å². The third-order valence-corrected chi connectivity index (χ3v) is 8.35. The smallest absolute Gasteiger partial charge is 0.410 e. The van der Waals surface area contributed by atoms with Gasteiger partial charge in [-0.1, -0.05) is 48.0 Å². The van der Waals surface area contributed by atoms with E-state index in [0.29, 0.717) is 13.0 Å². The molecule has 0 aromatic carbocycles. The normalized spacial score (nSPS) is 22.0. The number of hydrogen-bond donors (Lipinski definition) is 2. The number of rotatable bonds is 11. The van der Waals surface area contributed by atoms with Crippen LogP contribution in [0.2, 0.25) is 0 Å². The van der Waals surface area contributed by atoms with Crippen LogP contribution in [0, 0.1) is 22.7 Å². The second kappa shape index (κ2) is 13.7. The topological polar surface area (TPSA) is 151 Å². The molecule has 256 valence electrons. The minimum Gasteiger partial charge on any atom is -0.460 e. The second-order valence-electron chi connectivity index (χ2n) is 16.1. The van der Waals surface area contributed by atoms with E-state index >= 15 is 0 Å². The summed E-state index contributed by atoms with van der Waals surface area (Å²) in [6, 6.07) is -2.91. The highest BCUT2D eigenvalue weighted by molar-refractivity contribution is 6.38. The average molecular weight is 637 g/mol. The van der Waals surface area contributed by atoms with Gasteiger partial charge in [-0.2, -0.15) is 0 Å². The maximum absolute atomic E-state index is 14.2. The Hall–Kier alpha value is -3.18. The Labute approximate surface area is 268 Å². The molecule has 12 heteroatoms. The molecule has 0 radical (unpaired) electrons. The van der Waals surface area contributed by atoms with E-state index < -0.39 is 64.4 Å². The molecule has 45 heavy (non-hydrogen) atoms. The lowest BCUT2D eigenvalue weighted by Gasteiger charge is -2.41. The molecule has 1 unspecified atom stereocenters. The van der Waals surface area contributed by atoms with Crippen molar-refractivity contribution in [3.63, 3.8) is 0 Å². The largest absolute Gasteiger partial charge is 0.460 e. The number of nitrogens with zero attached hydrogens (tertiary/aromatic N) is 2. The van der Waals surface area contributed by atoms with Crippen molar-refractivity contribution in [2.75, 3.05) is 20.1 Å². The fourth-order valence-electron chi connectivity index (χ4n) is 6.26. The number of likely N-dealkylation sites (tertiary alicyclic amines) is 1. The molecule has 2 aliphatic rings. The number of ketones is 1. The average Bonchev–Trinajstić information content (AvgIpc) is 3.18. The van der Waals surface area contributed by atoms with Crippen molar-refractivity contribution in [3.05, 3.63) is 0 Å². The molecule has 4 amide bonds. The molecule has 1 saturated carbocycles. The maximum atomic E-state index is 14.2. The lowest BCUT2D eigenvalue weighted by Crippen LogP contribution is -2.61.